The molecule has 0 radical (unpaired) electrons. The van der Waals surface area contributed by atoms with Crippen molar-refractivity contribution in [1.29, 1.82) is 0 Å². The summed E-state index contributed by atoms with van der Waals surface area (Å²) in [6.45, 7) is 0.389. The molecule has 116 valence electrons. The van der Waals surface area contributed by atoms with E-state index >= 15 is 0 Å². The van der Waals surface area contributed by atoms with Crippen LogP contribution in [0.5, 0.6) is 5.75 Å². The van der Waals surface area contributed by atoms with Crippen molar-refractivity contribution in [3.63, 3.8) is 0 Å². The van der Waals surface area contributed by atoms with E-state index in [-0.39, 0.29) is 5.56 Å². The number of hydrogen-bond donors (Lipinski definition) is 1. The molecule has 1 heterocycles. The van der Waals surface area contributed by atoms with Gasteiger partial charge in [-0.05, 0) is 31.0 Å². The maximum atomic E-state index is 10.9. The highest BCUT2D eigenvalue weighted by molar-refractivity contribution is 7.09. The van der Waals surface area contributed by atoms with Crippen molar-refractivity contribution >= 4 is 17.3 Å². The van der Waals surface area contributed by atoms with Crippen LogP contribution in [0.4, 0.5) is 0 Å². The second kappa shape index (κ2) is 6.92. The van der Waals surface area contributed by atoms with Crippen LogP contribution in [0.1, 0.15) is 59.1 Å². The summed E-state index contributed by atoms with van der Waals surface area (Å²) in [5, 5.41) is 12.1. The molecule has 0 spiro atoms. The lowest BCUT2D eigenvalue weighted by Gasteiger charge is -2.19. The van der Waals surface area contributed by atoms with Gasteiger partial charge >= 0.3 is 5.97 Å². The fourth-order valence-electron chi connectivity index (χ4n) is 2.84. The second-order valence-corrected chi connectivity index (χ2v) is 6.57. The molecule has 1 fully saturated rings. The number of hydrogen-bond acceptors (Lipinski definition) is 4. The van der Waals surface area contributed by atoms with Gasteiger partial charge < -0.3 is 9.84 Å². The Morgan fingerprint density at radius 2 is 2.14 bits per heavy atom. The molecule has 0 unspecified atom stereocenters. The molecule has 4 nitrogen and oxygen atoms in total. The minimum atomic E-state index is -0.945. The third-order valence-electron chi connectivity index (χ3n) is 4.04. The van der Waals surface area contributed by atoms with E-state index < -0.39 is 5.97 Å². The first-order chi connectivity index (χ1) is 10.7. The highest BCUT2D eigenvalue weighted by Crippen LogP contribution is 2.33. The molecule has 1 aliphatic rings. The lowest BCUT2D eigenvalue weighted by Crippen LogP contribution is -2.05. The zero-order valence-electron chi connectivity index (χ0n) is 12.3. The summed E-state index contributed by atoms with van der Waals surface area (Å²) >= 11 is 1.62. The molecule has 1 N–H and O–H groups in total. The molecule has 1 saturated carbocycles. The van der Waals surface area contributed by atoms with Crippen LogP contribution >= 0.6 is 11.3 Å². The van der Waals surface area contributed by atoms with Gasteiger partial charge in [0, 0.05) is 11.3 Å². The van der Waals surface area contributed by atoms with E-state index in [4.69, 9.17) is 9.84 Å². The largest absolute Gasteiger partial charge is 0.486 e. The van der Waals surface area contributed by atoms with Crippen LogP contribution in [0.3, 0.4) is 0 Å². The molecular weight excluding hydrogens is 298 g/mol. The number of nitrogens with zero attached hydrogens (tertiary/aromatic N) is 1. The summed E-state index contributed by atoms with van der Waals surface area (Å²) in [7, 11) is 0. The van der Waals surface area contributed by atoms with Gasteiger partial charge in [-0.2, -0.15) is 0 Å². The van der Waals surface area contributed by atoms with Gasteiger partial charge in [0.15, 0.2) is 0 Å². The van der Waals surface area contributed by atoms with Crippen molar-refractivity contribution in [3.05, 3.63) is 45.9 Å². The monoisotopic (exact) mass is 317 g/mol. The molecule has 1 aromatic heterocycles. The van der Waals surface area contributed by atoms with Crippen molar-refractivity contribution in [1.82, 2.24) is 4.98 Å². The van der Waals surface area contributed by atoms with Crippen molar-refractivity contribution in [2.24, 2.45) is 0 Å². The maximum Gasteiger partial charge on any atom is 0.335 e. The van der Waals surface area contributed by atoms with E-state index in [2.05, 4.69) is 10.4 Å². The molecule has 1 aliphatic carbocycles. The van der Waals surface area contributed by atoms with Crippen molar-refractivity contribution in [2.75, 3.05) is 0 Å². The predicted molar refractivity (Wildman–Crippen MR) is 85.7 cm³/mol. The van der Waals surface area contributed by atoms with Crippen LogP contribution in [0.2, 0.25) is 0 Å². The van der Waals surface area contributed by atoms with Gasteiger partial charge in [-0.3, -0.25) is 0 Å². The standard InChI is InChI=1S/C17H19NO3S/c19-17(20)13-7-4-8-14(9-13)21-10-16-18-15(11-22-16)12-5-2-1-3-6-12/h4,7-9,11-12H,1-3,5-6,10H2,(H,19,20). The number of rotatable bonds is 5. The zero-order valence-corrected chi connectivity index (χ0v) is 13.1. The number of carboxylic acids is 1. The Morgan fingerprint density at radius 3 is 2.91 bits per heavy atom. The first-order valence-electron chi connectivity index (χ1n) is 7.63. The number of thiazole rings is 1. The number of benzene rings is 1. The van der Waals surface area contributed by atoms with E-state index in [9.17, 15) is 4.79 Å². The van der Waals surface area contributed by atoms with Gasteiger partial charge in [0.1, 0.15) is 17.4 Å². The van der Waals surface area contributed by atoms with Crippen molar-refractivity contribution in [3.8, 4) is 5.75 Å². The van der Waals surface area contributed by atoms with Gasteiger partial charge in [0.05, 0.1) is 11.3 Å². The van der Waals surface area contributed by atoms with E-state index in [1.54, 1.807) is 29.5 Å². The minimum absolute atomic E-state index is 0.236. The second-order valence-electron chi connectivity index (χ2n) is 5.62. The summed E-state index contributed by atoms with van der Waals surface area (Å²) in [6, 6.07) is 6.55. The van der Waals surface area contributed by atoms with Crippen LogP contribution in [-0.4, -0.2) is 16.1 Å². The number of carboxylic acid groups (broad SMARTS) is 1. The predicted octanol–water partition coefficient (Wildman–Crippen LogP) is 4.47. The van der Waals surface area contributed by atoms with E-state index in [1.807, 2.05) is 0 Å². The average Bonchev–Trinajstić information content (AvgIpc) is 3.03. The SMILES string of the molecule is O=C(O)c1cccc(OCc2nc(C3CCCCC3)cs2)c1. The summed E-state index contributed by atoms with van der Waals surface area (Å²) in [4.78, 5) is 15.6. The first-order valence-corrected chi connectivity index (χ1v) is 8.51. The fraction of sp³-hybridized carbons (Fsp3) is 0.412. The Bertz CT molecular complexity index is 647. The topological polar surface area (TPSA) is 59.4 Å². The lowest BCUT2D eigenvalue weighted by molar-refractivity contribution is 0.0696. The van der Waals surface area contributed by atoms with Gasteiger partial charge in [-0.25, -0.2) is 9.78 Å². The lowest BCUT2D eigenvalue weighted by atomic mass is 9.87. The van der Waals surface area contributed by atoms with Gasteiger partial charge in [0.25, 0.3) is 0 Å². The van der Waals surface area contributed by atoms with Crippen molar-refractivity contribution < 1.29 is 14.6 Å². The smallest absolute Gasteiger partial charge is 0.335 e. The molecule has 0 atom stereocenters. The Kier molecular flexibility index (Phi) is 4.73. The number of aromatic nitrogens is 1. The maximum absolute atomic E-state index is 10.9. The first kappa shape index (κ1) is 15.0. The highest BCUT2D eigenvalue weighted by atomic mass is 32.1. The van der Waals surface area contributed by atoms with Crippen molar-refractivity contribution in [2.45, 2.75) is 44.6 Å². The molecular formula is C17H19NO3S. The fourth-order valence-corrected chi connectivity index (χ4v) is 3.63. The van der Waals surface area contributed by atoms with Gasteiger partial charge in [-0.15, -0.1) is 11.3 Å². The molecule has 22 heavy (non-hydrogen) atoms. The molecule has 3 rings (SSSR count). The third kappa shape index (κ3) is 3.65. The number of carbonyl (C=O) groups is 1. The summed E-state index contributed by atoms with van der Waals surface area (Å²) in [5.74, 6) is 0.225. The van der Waals surface area contributed by atoms with E-state index in [0.29, 0.717) is 18.3 Å². The summed E-state index contributed by atoms with van der Waals surface area (Å²) < 4.78 is 5.67. The number of aromatic carboxylic acids is 1. The molecule has 0 aliphatic heterocycles. The number of ether oxygens (including phenoxy) is 1. The average molecular weight is 317 g/mol. The summed E-state index contributed by atoms with van der Waals surface area (Å²) in [6.07, 6.45) is 6.43. The van der Waals surface area contributed by atoms with Crippen LogP contribution in [-0.2, 0) is 6.61 Å². The van der Waals surface area contributed by atoms with Crippen LogP contribution < -0.4 is 4.74 Å². The van der Waals surface area contributed by atoms with E-state index in [0.717, 1.165) is 5.01 Å². The molecule has 0 amide bonds. The Hall–Kier alpha value is -1.88. The quantitative estimate of drug-likeness (QED) is 0.884. The van der Waals surface area contributed by atoms with Gasteiger partial charge in [0.2, 0.25) is 0 Å². The molecule has 5 heteroatoms. The van der Waals surface area contributed by atoms with Crippen LogP contribution in [0, 0.1) is 0 Å². The Labute approximate surface area is 133 Å². The normalized spacial score (nSPS) is 15.6. The van der Waals surface area contributed by atoms with Crippen LogP contribution in [0.15, 0.2) is 29.6 Å². The highest BCUT2D eigenvalue weighted by Gasteiger charge is 2.18. The third-order valence-corrected chi connectivity index (χ3v) is 4.88. The Morgan fingerprint density at radius 1 is 1.32 bits per heavy atom. The van der Waals surface area contributed by atoms with Gasteiger partial charge in [-0.1, -0.05) is 25.3 Å². The molecule has 0 bridgehead atoms. The molecule has 1 aromatic carbocycles. The minimum Gasteiger partial charge on any atom is -0.486 e. The van der Waals surface area contributed by atoms with E-state index in [1.165, 1.54) is 43.9 Å². The molecule has 2 aromatic rings. The summed E-state index contributed by atoms with van der Waals surface area (Å²) in [5.41, 5.74) is 1.43. The zero-order chi connectivity index (χ0) is 15.4. The molecule has 0 saturated heterocycles. The Balaban J connectivity index is 1.61. The van der Waals surface area contributed by atoms with Crippen LogP contribution in [0.25, 0.3) is 0 Å².